The number of methoxy groups -OCH3 is 1. The van der Waals surface area contributed by atoms with Crippen molar-refractivity contribution in [3.63, 3.8) is 0 Å². The highest BCUT2D eigenvalue weighted by molar-refractivity contribution is 5.84. The topological polar surface area (TPSA) is 42.0 Å². The summed E-state index contributed by atoms with van der Waals surface area (Å²) in [5.41, 5.74) is -0.357. The van der Waals surface area contributed by atoms with Crippen LogP contribution in [-0.4, -0.2) is 62.4 Å². The molecular weight excluding hydrogens is 469 g/mol. The maximum Gasteiger partial charge on any atom is 0.416 e. The van der Waals surface area contributed by atoms with Crippen LogP contribution in [-0.2, 0) is 20.4 Å². The Bertz CT molecular complexity index is 954. The minimum atomic E-state index is -4.35. The standard InChI is InChI=1S/C28H39F3N2O3/c1-18(2)27(9-7-19(14-27)11-20-8-10-36-17-25(20)35-3)26(34)33-16-23-13-24(33)15-32(23)22-6-4-5-21(12-22)28(29,30)31/h4-6,12,18-20,23-25H,7-11,13-17H2,1-3H3/t19-,20+,23-,24-,25+,27-/m0/s1. The number of likely N-dealkylation sites (tertiary alicyclic amines) is 1. The lowest BCUT2D eigenvalue weighted by molar-refractivity contribution is -0.146. The van der Waals surface area contributed by atoms with E-state index in [-0.39, 0.29) is 35.4 Å². The minimum absolute atomic E-state index is 0.0695. The van der Waals surface area contributed by atoms with Crippen LogP contribution in [0.15, 0.2) is 24.3 Å². The predicted molar refractivity (Wildman–Crippen MR) is 132 cm³/mol. The normalized spacial score (nSPS) is 34.7. The molecule has 5 nitrogen and oxygen atoms in total. The summed E-state index contributed by atoms with van der Waals surface area (Å²) in [4.78, 5) is 18.2. The highest BCUT2D eigenvalue weighted by atomic mass is 19.4. The molecule has 1 aromatic rings. The molecule has 1 saturated carbocycles. The summed E-state index contributed by atoms with van der Waals surface area (Å²) in [7, 11) is 1.76. The van der Waals surface area contributed by atoms with E-state index in [1.165, 1.54) is 12.1 Å². The number of carbonyl (C=O) groups is 1. The molecule has 4 fully saturated rings. The molecule has 2 bridgehead atoms. The minimum Gasteiger partial charge on any atom is -0.379 e. The fraction of sp³-hybridized carbons (Fsp3) is 0.750. The molecule has 5 rings (SSSR count). The zero-order valence-electron chi connectivity index (χ0n) is 21.6. The number of halogens is 3. The number of fused-ring (bicyclic) bond motifs is 2. The van der Waals surface area contributed by atoms with Gasteiger partial charge >= 0.3 is 6.18 Å². The molecule has 1 amide bonds. The SMILES string of the molecule is CO[C@@H]1COCC[C@@H]1C[C@@H]1CC[C@@](C(=O)N2C[C@@H]3C[C@H]2CN3c2cccc(C(F)(F)F)c2)(C(C)C)C1. The van der Waals surface area contributed by atoms with Gasteiger partial charge in [-0.2, -0.15) is 13.2 Å². The molecule has 0 unspecified atom stereocenters. The van der Waals surface area contributed by atoms with Gasteiger partial charge < -0.3 is 19.3 Å². The van der Waals surface area contributed by atoms with E-state index in [2.05, 4.69) is 23.6 Å². The van der Waals surface area contributed by atoms with Gasteiger partial charge in [0.2, 0.25) is 5.91 Å². The summed E-state index contributed by atoms with van der Waals surface area (Å²) in [5, 5.41) is 0. The molecule has 3 heterocycles. The lowest BCUT2D eigenvalue weighted by Crippen LogP contribution is -2.54. The summed E-state index contributed by atoms with van der Waals surface area (Å²) in [5.74, 6) is 1.52. The van der Waals surface area contributed by atoms with E-state index in [0.29, 0.717) is 37.2 Å². The molecule has 0 aromatic heterocycles. The van der Waals surface area contributed by atoms with Gasteiger partial charge in [-0.15, -0.1) is 0 Å². The maximum atomic E-state index is 14.1. The molecule has 0 radical (unpaired) electrons. The highest BCUT2D eigenvalue weighted by Gasteiger charge is 2.54. The van der Waals surface area contributed by atoms with E-state index in [1.54, 1.807) is 13.2 Å². The molecule has 1 aliphatic carbocycles. The van der Waals surface area contributed by atoms with Crippen LogP contribution in [0, 0.1) is 23.2 Å². The van der Waals surface area contributed by atoms with Crippen molar-refractivity contribution >= 4 is 11.6 Å². The summed E-state index contributed by atoms with van der Waals surface area (Å²) in [6, 6.07) is 5.74. The number of alkyl halides is 3. The van der Waals surface area contributed by atoms with Crippen molar-refractivity contribution in [1.82, 2.24) is 4.90 Å². The first-order chi connectivity index (χ1) is 17.1. The highest BCUT2D eigenvalue weighted by Crippen LogP contribution is 2.52. The summed E-state index contributed by atoms with van der Waals surface area (Å²) in [6.07, 6.45) is 1.61. The molecule has 8 heteroatoms. The quantitative estimate of drug-likeness (QED) is 0.518. The van der Waals surface area contributed by atoms with E-state index >= 15 is 0 Å². The van der Waals surface area contributed by atoms with Crippen molar-refractivity contribution in [1.29, 1.82) is 0 Å². The van der Waals surface area contributed by atoms with E-state index < -0.39 is 11.7 Å². The molecule has 200 valence electrons. The van der Waals surface area contributed by atoms with Crippen LogP contribution in [0.2, 0.25) is 0 Å². The van der Waals surface area contributed by atoms with Crippen molar-refractivity contribution in [2.75, 3.05) is 38.3 Å². The zero-order chi connectivity index (χ0) is 25.7. The Kier molecular flexibility index (Phi) is 7.05. The number of amides is 1. The number of hydrogen-bond acceptors (Lipinski definition) is 4. The first-order valence-electron chi connectivity index (χ1n) is 13.5. The Labute approximate surface area is 212 Å². The number of hydrogen-bond donors (Lipinski definition) is 0. The first-order valence-corrected chi connectivity index (χ1v) is 13.5. The molecule has 36 heavy (non-hydrogen) atoms. The van der Waals surface area contributed by atoms with Crippen molar-refractivity contribution in [2.24, 2.45) is 23.2 Å². The van der Waals surface area contributed by atoms with Crippen LogP contribution in [0.5, 0.6) is 0 Å². The van der Waals surface area contributed by atoms with Crippen LogP contribution in [0.1, 0.15) is 57.9 Å². The van der Waals surface area contributed by atoms with E-state index in [9.17, 15) is 18.0 Å². The molecular formula is C28H39F3N2O3. The molecule has 3 aliphatic heterocycles. The van der Waals surface area contributed by atoms with Crippen LogP contribution < -0.4 is 4.90 Å². The second kappa shape index (κ2) is 9.82. The van der Waals surface area contributed by atoms with Gasteiger partial charge in [0.05, 0.1) is 29.7 Å². The smallest absolute Gasteiger partial charge is 0.379 e. The molecule has 1 aromatic carbocycles. The average molecular weight is 509 g/mol. The number of piperazine rings is 1. The third-order valence-corrected chi connectivity index (χ3v) is 9.57. The van der Waals surface area contributed by atoms with Crippen LogP contribution in [0.4, 0.5) is 18.9 Å². The summed E-state index contributed by atoms with van der Waals surface area (Å²) >= 11 is 0. The lowest BCUT2D eigenvalue weighted by atomic mass is 9.73. The van der Waals surface area contributed by atoms with Crippen LogP contribution in [0.25, 0.3) is 0 Å². The van der Waals surface area contributed by atoms with E-state index in [4.69, 9.17) is 9.47 Å². The van der Waals surface area contributed by atoms with Gasteiger partial charge in [0.1, 0.15) is 0 Å². The fourth-order valence-electron chi connectivity index (χ4n) is 7.44. The van der Waals surface area contributed by atoms with Crippen molar-refractivity contribution in [3.05, 3.63) is 29.8 Å². The van der Waals surface area contributed by atoms with Crippen LogP contribution in [0.3, 0.4) is 0 Å². The molecule has 3 saturated heterocycles. The molecule has 4 aliphatic rings. The summed E-state index contributed by atoms with van der Waals surface area (Å²) < 4.78 is 51.0. The third kappa shape index (κ3) is 4.64. The number of rotatable bonds is 6. The Morgan fingerprint density at radius 2 is 2.03 bits per heavy atom. The second-order valence-electron chi connectivity index (χ2n) is 11.8. The average Bonchev–Trinajstić information content (AvgIpc) is 3.58. The van der Waals surface area contributed by atoms with Crippen molar-refractivity contribution in [3.8, 4) is 0 Å². The van der Waals surface area contributed by atoms with Crippen molar-refractivity contribution < 1.29 is 27.4 Å². The van der Waals surface area contributed by atoms with Gasteiger partial charge in [0.25, 0.3) is 0 Å². The second-order valence-corrected chi connectivity index (χ2v) is 11.8. The number of nitrogens with zero attached hydrogens (tertiary/aromatic N) is 2. The van der Waals surface area contributed by atoms with Crippen LogP contribution >= 0.6 is 0 Å². The zero-order valence-corrected chi connectivity index (χ0v) is 21.6. The predicted octanol–water partition coefficient (Wildman–Crippen LogP) is 5.38. The fourth-order valence-corrected chi connectivity index (χ4v) is 7.44. The van der Waals surface area contributed by atoms with Gasteiger partial charge in [-0.1, -0.05) is 19.9 Å². The third-order valence-electron chi connectivity index (χ3n) is 9.57. The maximum absolute atomic E-state index is 14.1. The van der Waals surface area contributed by atoms with Crippen molar-refractivity contribution in [2.45, 2.75) is 76.7 Å². The van der Waals surface area contributed by atoms with Gasteiger partial charge in [-0.25, -0.2) is 0 Å². The monoisotopic (exact) mass is 508 g/mol. The number of carbonyl (C=O) groups excluding carboxylic acids is 1. The van der Waals surface area contributed by atoms with Gasteiger partial charge in [0.15, 0.2) is 0 Å². The van der Waals surface area contributed by atoms with Gasteiger partial charge in [-0.05, 0) is 74.5 Å². The largest absolute Gasteiger partial charge is 0.416 e. The molecule has 6 atom stereocenters. The Morgan fingerprint density at radius 3 is 2.69 bits per heavy atom. The Morgan fingerprint density at radius 1 is 1.22 bits per heavy atom. The van der Waals surface area contributed by atoms with Gasteiger partial charge in [-0.3, -0.25) is 4.79 Å². The van der Waals surface area contributed by atoms with E-state index in [0.717, 1.165) is 51.2 Å². The molecule has 0 N–H and O–H groups in total. The van der Waals surface area contributed by atoms with Gasteiger partial charge in [0, 0.05) is 38.5 Å². The Balaban J connectivity index is 1.26. The summed E-state index contributed by atoms with van der Waals surface area (Å²) in [6.45, 7) is 7.00. The van der Waals surface area contributed by atoms with E-state index in [1.807, 2.05) is 0 Å². The first kappa shape index (κ1) is 25.8. The Hall–Kier alpha value is -1.80. The number of anilines is 1. The lowest BCUT2D eigenvalue weighted by Gasteiger charge is -2.42. The number of benzene rings is 1. The molecule has 0 spiro atoms. The number of ether oxygens (including phenoxy) is 2.